The molecule has 0 spiro atoms. The van der Waals surface area contributed by atoms with Crippen molar-refractivity contribution in [2.45, 2.75) is 64.2 Å². The summed E-state index contributed by atoms with van der Waals surface area (Å²) in [5.74, 6) is 0. The average Bonchev–Trinajstić information content (AvgIpc) is 2.27. The van der Waals surface area contributed by atoms with Gasteiger partial charge in [0.25, 0.3) is 0 Å². The number of aliphatic hydroxyl groups excluding tert-OH is 2. The number of hydrogen-bond donors (Lipinski definition) is 2. The highest BCUT2D eigenvalue weighted by Gasteiger charge is 2.34. The topological polar surface area (TPSA) is 70.0 Å². The van der Waals surface area contributed by atoms with Crippen LogP contribution in [0.15, 0.2) is 0 Å². The zero-order valence-corrected chi connectivity index (χ0v) is 11.6. The molecule has 5 heteroatoms. The number of nitrogens with zero attached hydrogens (tertiary/aromatic N) is 1. The molecule has 1 saturated heterocycles. The van der Waals surface area contributed by atoms with Gasteiger partial charge < -0.3 is 19.8 Å². The minimum atomic E-state index is -0.678. The number of carbonyl (C=O) groups excluding carboxylic acids is 1. The molecule has 5 nitrogen and oxygen atoms in total. The van der Waals surface area contributed by atoms with Gasteiger partial charge in [-0.25, -0.2) is 4.79 Å². The highest BCUT2D eigenvalue weighted by molar-refractivity contribution is 5.68. The first-order valence-corrected chi connectivity index (χ1v) is 6.63. The summed E-state index contributed by atoms with van der Waals surface area (Å²) >= 11 is 0. The van der Waals surface area contributed by atoms with E-state index >= 15 is 0 Å². The summed E-state index contributed by atoms with van der Waals surface area (Å²) in [7, 11) is 0. The molecule has 106 valence electrons. The Hall–Kier alpha value is -0.810. The van der Waals surface area contributed by atoms with Crippen molar-refractivity contribution in [3.05, 3.63) is 0 Å². The monoisotopic (exact) mass is 259 g/mol. The van der Waals surface area contributed by atoms with Crippen LogP contribution in [0.2, 0.25) is 0 Å². The first-order valence-electron chi connectivity index (χ1n) is 6.63. The third-order valence-electron chi connectivity index (χ3n) is 3.05. The summed E-state index contributed by atoms with van der Waals surface area (Å²) in [4.78, 5) is 13.7. The Kier molecular flexibility index (Phi) is 5.41. The molecule has 18 heavy (non-hydrogen) atoms. The third-order valence-corrected chi connectivity index (χ3v) is 3.05. The molecule has 0 saturated carbocycles. The van der Waals surface area contributed by atoms with Crippen LogP contribution in [0, 0.1) is 0 Å². The van der Waals surface area contributed by atoms with Crippen molar-refractivity contribution in [1.29, 1.82) is 0 Å². The molecule has 1 amide bonds. The summed E-state index contributed by atoms with van der Waals surface area (Å²) in [6, 6.07) is -0.235. The van der Waals surface area contributed by atoms with Crippen molar-refractivity contribution < 1.29 is 19.7 Å². The Morgan fingerprint density at radius 2 is 2.11 bits per heavy atom. The van der Waals surface area contributed by atoms with Crippen molar-refractivity contribution in [3.63, 3.8) is 0 Å². The summed E-state index contributed by atoms with van der Waals surface area (Å²) < 4.78 is 5.35. The number of aliphatic hydroxyl groups is 2. The lowest BCUT2D eigenvalue weighted by atomic mass is 9.96. The highest BCUT2D eigenvalue weighted by Crippen LogP contribution is 2.23. The van der Waals surface area contributed by atoms with Crippen molar-refractivity contribution >= 4 is 6.09 Å². The standard InChI is InChI=1S/C13H25NO4/c1-13(2,3)18-12(17)14-8-5-4-6-10(14)11(16)7-9-15/h10-11,15-16H,4-9H2,1-3H3. The van der Waals surface area contributed by atoms with E-state index in [1.807, 2.05) is 20.8 Å². The molecular weight excluding hydrogens is 234 g/mol. The number of piperidine rings is 1. The fourth-order valence-corrected chi connectivity index (χ4v) is 2.23. The van der Waals surface area contributed by atoms with E-state index < -0.39 is 11.7 Å². The molecule has 1 aliphatic heterocycles. The molecule has 0 radical (unpaired) electrons. The van der Waals surface area contributed by atoms with Crippen LogP contribution >= 0.6 is 0 Å². The first-order chi connectivity index (χ1) is 8.35. The molecule has 1 aliphatic rings. The maximum atomic E-state index is 12.1. The van der Waals surface area contributed by atoms with E-state index in [0.29, 0.717) is 13.0 Å². The van der Waals surface area contributed by atoms with Gasteiger partial charge in [-0.3, -0.25) is 0 Å². The second-order valence-electron chi connectivity index (χ2n) is 5.82. The summed E-state index contributed by atoms with van der Waals surface area (Å²) in [5, 5.41) is 18.9. The molecular formula is C13H25NO4. The van der Waals surface area contributed by atoms with E-state index in [-0.39, 0.29) is 18.7 Å². The first kappa shape index (κ1) is 15.2. The number of hydrogen-bond acceptors (Lipinski definition) is 4. The SMILES string of the molecule is CC(C)(C)OC(=O)N1CCCCC1C(O)CCO. The van der Waals surface area contributed by atoms with E-state index in [9.17, 15) is 9.90 Å². The van der Waals surface area contributed by atoms with Gasteiger partial charge >= 0.3 is 6.09 Å². The van der Waals surface area contributed by atoms with Crippen LogP contribution in [0.4, 0.5) is 4.79 Å². The fraction of sp³-hybridized carbons (Fsp3) is 0.923. The maximum Gasteiger partial charge on any atom is 0.410 e. The summed E-state index contributed by atoms with van der Waals surface area (Å²) in [6.45, 7) is 6.03. The Morgan fingerprint density at radius 3 is 2.67 bits per heavy atom. The zero-order valence-electron chi connectivity index (χ0n) is 11.6. The zero-order chi connectivity index (χ0) is 13.8. The Balaban J connectivity index is 2.67. The second-order valence-corrected chi connectivity index (χ2v) is 5.82. The predicted octanol–water partition coefficient (Wildman–Crippen LogP) is 1.52. The Labute approximate surface area is 109 Å². The lowest BCUT2D eigenvalue weighted by molar-refractivity contribution is -0.0210. The van der Waals surface area contributed by atoms with Gasteiger partial charge in [0, 0.05) is 13.2 Å². The molecule has 0 aromatic heterocycles. The average molecular weight is 259 g/mol. The predicted molar refractivity (Wildman–Crippen MR) is 68.3 cm³/mol. The number of likely N-dealkylation sites (tertiary alicyclic amines) is 1. The van der Waals surface area contributed by atoms with Crippen LogP contribution in [-0.4, -0.2) is 52.1 Å². The minimum absolute atomic E-state index is 0.0696. The van der Waals surface area contributed by atoms with Crippen molar-refractivity contribution in [2.24, 2.45) is 0 Å². The smallest absolute Gasteiger partial charge is 0.410 e. The Bertz CT molecular complexity index is 275. The van der Waals surface area contributed by atoms with E-state index in [2.05, 4.69) is 0 Å². The fourth-order valence-electron chi connectivity index (χ4n) is 2.23. The minimum Gasteiger partial charge on any atom is -0.444 e. The molecule has 0 aromatic carbocycles. The number of ether oxygens (including phenoxy) is 1. The van der Waals surface area contributed by atoms with Crippen LogP contribution in [0.25, 0.3) is 0 Å². The number of carbonyl (C=O) groups is 1. The molecule has 1 heterocycles. The van der Waals surface area contributed by atoms with Crippen molar-refractivity contribution in [2.75, 3.05) is 13.2 Å². The highest BCUT2D eigenvalue weighted by atomic mass is 16.6. The lowest BCUT2D eigenvalue weighted by Gasteiger charge is -2.39. The Morgan fingerprint density at radius 1 is 1.44 bits per heavy atom. The van der Waals surface area contributed by atoms with E-state index in [4.69, 9.17) is 9.84 Å². The van der Waals surface area contributed by atoms with Gasteiger partial charge in [-0.2, -0.15) is 0 Å². The molecule has 1 fully saturated rings. The van der Waals surface area contributed by atoms with Gasteiger partial charge in [0.1, 0.15) is 5.60 Å². The molecule has 2 atom stereocenters. The molecule has 0 aromatic rings. The van der Waals surface area contributed by atoms with Crippen LogP contribution in [0.5, 0.6) is 0 Å². The lowest BCUT2D eigenvalue weighted by Crippen LogP contribution is -2.51. The van der Waals surface area contributed by atoms with Gasteiger partial charge in [0.15, 0.2) is 0 Å². The van der Waals surface area contributed by atoms with Crippen LogP contribution in [-0.2, 0) is 4.74 Å². The molecule has 2 unspecified atom stereocenters. The van der Waals surface area contributed by atoms with Gasteiger partial charge in [0.2, 0.25) is 0 Å². The van der Waals surface area contributed by atoms with E-state index in [1.165, 1.54) is 0 Å². The van der Waals surface area contributed by atoms with Crippen molar-refractivity contribution in [1.82, 2.24) is 4.90 Å². The number of rotatable bonds is 3. The van der Waals surface area contributed by atoms with Crippen LogP contribution in [0.3, 0.4) is 0 Å². The molecule has 2 N–H and O–H groups in total. The molecule has 0 bridgehead atoms. The summed E-state index contributed by atoms with van der Waals surface area (Å²) in [5.41, 5.74) is -0.527. The normalized spacial score (nSPS) is 22.7. The quantitative estimate of drug-likeness (QED) is 0.806. The molecule has 1 rings (SSSR count). The number of amides is 1. The van der Waals surface area contributed by atoms with Gasteiger partial charge in [-0.05, 0) is 46.5 Å². The van der Waals surface area contributed by atoms with E-state index in [0.717, 1.165) is 19.3 Å². The van der Waals surface area contributed by atoms with E-state index in [1.54, 1.807) is 4.90 Å². The van der Waals surface area contributed by atoms with Crippen LogP contribution in [0.1, 0.15) is 46.5 Å². The maximum absolute atomic E-state index is 12.1. The largest absolute Gasteiger partial charge is 0.444 e. The van der Waals surface area contributed by atoms with Crippen molar-refractivity contribution in [3.8, 4) is 0 Å². The van der Waals surface area contributed by atoms with Gasteiger partial charge in [-0.15, -0.1) is 0 Å². The third kappa shape index (κ3) is 4.46. The van der Waals surface area contributed by atoms with Gasteiger partial charge in [0.05, 0.1) is 12.1 Å². The van der Waals surface area contributed by atoms with Gasteiger partial charge in [-0.1, -0.05) is 0 Å². The van der Waals surface area contributed by atoms with Crippen LogP contribution < -0.4 is 0 Å². The molecule has 0 aliphatic carbocycles. The summed E-state index contributed by atoms with van der Waals surface area (Å²) in [6.07, 6.45) is 1.94. The second kappa shape index (κ2) is 6.38.